The Kier molecular flexibility index (Phi) is 4.45. The van der Waals surface area contributed by atoms with Crippen molar-refractivity contribution in [2.24, 2.45) is 0 Å². The van der Waals surface area contributed by atoms with E-state index < -0.39 is 5.54 Å². The predicted molar refractivity (Wildman–Crippen MR) is 92.2 cm³/mol. The lowest BCUT2D eigenvalue weighted by Gasteiger charge is -2.48. The van der Waals surface area contributed by atoms with Crippen molar-refractivity contribution in [2.75, 3.05) is 6.54 Å². The van der Waals surface area contributed by atoms with E-state index in [1.807, 2.05) is 29.2 Å². The molecule has 1 heterocycles. The van der Waals surface area contributed by atoms with Crippen LogP contribution in [-0.2, 0) is 10.3 Å². The summed E-state index contributed by atoms with van der Waals surface area (Å²) in [6.07, 6.45) is 3.36. The summed E-state index contributed by atoms with van der Waals surface area (Å²) in [6, 6.07) is 8.07. The van der Waals surface area contributed by atoms with E-state index in [0.717, 1.165) is 42.1 Å². The van der Waals surface area contributed by atoms with Crippen LogP contribution in [0.15, 0.2) is 28.7 Å². The molecule has 5 heteroatoms. The van der Waals surface area contributed by atoms with Gasteiger partial charge in [-0.15, -0.1) is 0 Å². The molecule has 1 amide bonds. The molecule has 2 aliphatic rings. The SMILES string of the molecule is CC(C)(c1ccc(Br)cc1)N1CC[C@]2(CC[C@H](O)CC2)OC1=O. The topological polar surface area (TPSA) is 49.8 Å². The predicted octanol–water partition coefficient (Wildman–Crippen LogP) is 4.20. The minimum atomic E-state index is -0.409. The second kappa shape index (κ2) is 6.10. The summed E-state index contributed by atoms with van der Waals surface area (Å²) in [5.74, 6) is 0. The second-order valence-corrected chi connectivity index (χ2v) is 8.17. The van der Waals surface area contributed by atoms with Gasteiger partial charge in [-0.25, -0.2) is 4.79 Å². The molecule has 0 radical (unpaired) electrons. The van der Waals surface area contributed by atoms with Crippen LogP contribution >= 0.6 is 15.9 Å². The van der Waals surface area contributed by atoms with Crippen LogP contribution in [-0.4, -0.2) is 34.3 Å². The van der Waals surface area contributed by atoms with E-state index in [2.05, 4.69) is 29.8 Å². The fourth-order valence-electron chi connectivity index (χ4n) is 3.70. The molecule has 1 saturated carbocycles. The molecule has 1 aromatic rings. The average Bonchev–Trinajstić information content (AvgIpc) is 2.51. The zero-order valence-electron chi connectivity index (χ0n) is 13.7. The van der Waals surface area contributed by atoms with E-state index in [1.54, 1.807) is 0 Å². The molecule has 1 aliphatic heterocycles. The summed E-state index contributed by atoms with van der Waals surface area (Å²) in [7, 11) is 0. The third-order valence-electron chi connectivity index (χ3n) is 5.41. The minimum absolute atomic E-state index is 0.236. The number of carbonyl (C=O) groups excluding carboxylic acids is 1. The van der Waals surface area contributed by atoms with Crippen LogP contribution in [0, 0.1) is 0 Å². The number of aliphatic hydroxyl groups is 1. The van der Waals surface area contributed by atoms with E-state index >= 15 is 0 Å². The summed E-state index contributed by atoms with van der Waals surface area (Å²) < 4.78 is 6.90. The Morgan fingerprint density at radius 3 is 2.39 bits per heavy atom. The summed E-state index contributed by atoms with van der Waals surface area (Å²) in [5.41, 5.74) is 0.323. The van der Waals surface area contributed by atoms with Crippen molar-refractivity contribution in [3.05, 3.63) is 34.3 Å². The average molecular weight is 382 g/mol. The largest absolute Gasteiger partial charge is 0.443 e. The minimum Gasteiger partial charge on any atom is -0.443 e. The summed E-state index contributed by atoms with van der Waals surface area (Å²) in [5, 5.41) is 9.69. The molecule has 3 rings (SSSR count). The standard InChI is InChI=1S/C18H24BrNO3/c1-17(2,13-3-5-14(19)6-4-13)20-12-11-18(23-16(20)22)9-7-15(21)8-10-18/h3-6,15,21H,7-12H2,1-2H3/t15-,18+. The molecule has 2 fully saturated rings. The Morgan fingerprint density at radius 2 is 1.83 bits per heavy atom. The maximum absolute atomic E-state index is 12.7. The Hall–Kier alpha value is -1.07. The maximum atomic E-state index is 12.7. The highest BCUT2D eigenvalue weighted by atomic mass is 79.9. The quantitative estimate of drug-likeness (QED) is 0.834. The number of ether oxygens (including phenoxy) is 1. The zero-order valence-corrected chi connectivity index (χ0v) is 15.3. The lowest BCUT2D eigenvalue weighted by atomic mass is 9.79. The van der Waals surface area contributed by atoms with Crippen LogP contribution in [0.5, 0.6) is 0 Å². The summed E-state index contributed by atoms with van der Waals surface area (Å²) in [4.78, 5) is 14.5. The Balaban J connectivity index is 1.75. The fraction of sp³-hybridized carbons (Fsp3) is 0.611. The van der Waals surface area contributed by atoms with Crippen molar-refractivity contribution in [1.82, 2.24) is 4.90 Å². The van der Waals surface area contributed by atoms with Gasteiger partial charge in [0.25, 0.3) is 0 Å². The third kappa shape index (κ3) is 3.26. The molecule has 1 spiro atoms. The van der Waals surface area contributed by atoms with Gasteiger partial charge in [0, 0.05) is 17.4 Å². The molecule has 1 aromatic carbocycles. The lowest BCUT2D eigenvalue weighted by molar-refractivity contribution is -0.100. The van der Waals surface area contributed by atoms with Gasteiger partial charge in [0.05, 0.1) is 11.6 Å². The molecule has 0 bridgehead atoms. The molecule has 4 nitrogen and oxygen atoms in total. The van der Waals surface area contributed by atoms with Crippen LogP contribution < -0.4 is 0 Å². The van der Waals surface area contributed by atoms with Crippen molar-refractivity contribution in [1.29, 1.82) is 0 Å². The van der Waals surface area contributed by atoms with Crippen molar-refractivity contribution in [2.45, 2.75) is 63.2 Å². The fourth-order valence-corrected chi connectivity index (χ4v) is 3.96. The van der Waals surface area contributed by atoms with Gasteiger partial charge in [-0.1, -0.05) is 28.1 Å². The van der Waals surface area contributed by atoms with E-state index in [0.29, 0.717) is 6.54 Å². The van der Waals surface area contributed by atoms with Gasteiger partial charge >= 0.3 is 6.09 Å². The molecular weight excluding hydrogens is 358 g/mol. The molecule has 0 aromatic heterocycles. The molecule has 1 N–H and O–H groups in total. The first-order valence-electron chi connectivity index (χ1n) is 8.27. The van der Waals surface area contributed by atoms with Gasteiger partial charge in [-0.05, 0) is 57.2 Å². The number of hydrogen-bond donors (Lipinski definition) is 1. The molecule has 126 valence electrons. The van der Waals surface area contributed by atoms with Crippen LogP contribution in [0.2, 0.25) is 0 Å². The molecule has 0 unspecified atom stereocenters. The van der Waals surface area contributed by atoms with E-state index in [-0.39, 0.29) is 17.8 Å². The van der Waals surface area contributed by atoms with E-state index in [1.165, 1.54) is 0 Å². The first-order valence-corrected chi connectivity index (χ1v) is 9.06. The van der Waals surface area contributed by atoms with E-state index in [9.17, 15) is 9.90 Å². The third-order valence-corrected chi connectivity index (χ3v) is 5.94. The van der Waals surface area contributed by atoms with Gasteiger partial charge < -0.3 is 9.84 Å². The summed E-state index contributed by atoms with van der Waals surface area (Å²) >= 11 is 3.45. The Morgan fingerprint density at radius 1 is 1.22 bits per heavy atom. The number of amides is 1. The number of rotatable bonds is 2. The van der Waals surface area contributed by atoms with Crippen LogP contribution in [0.25, 0.3) is 0 Å². The van der Waals surface area contributed by atoms with Crippen LogP contribution in [0.1, 0.15) is 51.5 Å². The number of benzene rings is 1. The highest BCUT2D eigenvalue weighted by molar-refractivity contribution is 9.10. The monoisotopic (exact) mass is 381 g/mol. The highest BCUT2D eigenvalue weighted by Gasteiger charge is 2.46. The first-order chi connectivity index (χ1) is 10.8. The van der Waals surface area contributed by atoms with Crippen LogP contribution in [0.4, 0.5) is 4.79 Å². The molecule has 1 aliphatic carbocycles. The van der Waals surface area contributed by atoms with Crippen molar-refractivity contribution in [3.8, 4) is 0 Å². The van der Waals surface area contributed by atoms with Gasteiger partial charge in [-0.3, -0.25) is 4.90 Å². The molecule has 1 saturated heterocycles. The van der Waals surface area contributed by atoms with Gasteiger partial charge in [-0.2, -0.15) is 0 Å². The molecule has 0 atom stereocenters. The molecule has 23 heavy (non-hydrogen) atoms. The van der Waals surface area contributed by atoms with Gasteiger partial charge in [0.2, 0.25) is 0 Å². The Bertz CT molecular complexity index is 576. The molecular formula is C18H24BrNO3. The summed E-state index contributed by atoms with van der Waals surface area (Å²) in [6.45, 7) is 4.80. The number of halogens is 1. The van der Waals surface area contributed by atoms with Crippen LogP contribution in [0.3, 0.4) is 0 Å². The van der Waals surface area contributed by atoms with E-state index in [4.69, 9.17) is 4.74 Å². The highest BCUT2D eigenvalue weighted by Crippen LogP contribution is 2.41. The number of carbonyl (C=O) groups is 1. The van der Waals surface area contributed by atoms with Gasteiger partial charge in [0.15, 0.2) is 0 Å². The van der Waals surface area contributed by atoms with Crippen molar-refractivity contribution >= 4 is 22.0 Å². The normalized spacial score (nSPS) is 28.8. The Labute approximate surface area is 145 Å². The number of nitrogens with zero attached hydrogens (tertiary/aromatic N) is 1. The first kappa shape index (κ1) is 16.8. The smallest absolute Gasteiger partial charge is 0.411 e. The number of aliphatic hydroxyl groups excluding tert-OH is 1. The zero-order chi connectivity index (χ0) is 16.7. The maximum Gasteiger partial charge on any atom is 0.411 e. The van der Waals surface area contributed by atoms with Gasteiger partial charge in [0.1, 0.15) is 5.60 Å². The lowest BCUT2D eigenvalue weighted by Crippen LogP contribution is -2.56. The number of hydrogen-bond acceptors (Lipinski definition) is 3. The van der Waals surface area contributed by atoms with Crippen molar-refractivity contribution < 1.29 is 14.6 Å². The second-order valence-electron chi connectivity index (χ2n) is 7.25. The van der Waals surface area contributed by atoms with Crippen molar-refractivity contribution in [3.63, 3.8) is 0 Å².